The largest absolute Gasteiger partial charge is 0.187 e. The van der Waals surface area contributed by atoms with E-state index in [2.05, 4.69) is 0 Å². The maximum atomic E-state index is 0. The molecule has 0 saturated carbocycles. The van der Waals surface area contributed by atoms with Gasteiger partial charge in [0.1, 0.15) is 0 Å². The molecule has 0 amide bonds. The SMILES string of the molecule is [AlH3].[Cr].[Ni].[Ni].[Y]. The molecule has 0 aliphatic rings. The molecule has 0 aliphatic heterocycles. The van der Waals surface area contributed by atoms with Crippen LogP contribution in [0.1, 0.15) is 0 Å². The number of hydrogen-bond acceptors (Lipinski definition) is 0. The van der Waals surface area contributed by atoms with E-state index in [0.717, 1.165) is 0 Å². The maximum absolute atomic E-state index is 0. The van der Waals surface area contributed by atoms with Gasteiger partial charge < -0.3 is 0 Å². The zero-order valence-corrected chi connectivity index (χ0v) is 7.71. The van der Waals surface area contributed by atoms with Crippen LogP contribution in [0.3, 0.4) is 0 Å². The minimum absolute atomic E-state index is 0. The van der Waals surface area contributed by atoms with Gasteiger partial charge >= 0.3 is 0 Å². The van der Waals surface area contributed by atoms with Crippen LogP contribution < -0.4 is 0 Å². The van der Waals surface area contributed by atoms with Crippen molar-refractivity contribution < 1.29 is 83.1 Å². The molecule has 0 atom stereocenters. The molecule has 1 radical (unpaired) electrons. The zero-order valence-electron chi connectivity index (χ0n) is 1.62. The van der Waals surface area contributed by atoms with Crippen molar-refractivity contribution in [1.82, 2.24) is 0 Å². The van der Waals surface area contributed by atoms with Gasteiger partial charge in [0.05, 0.1) is 0 Å². The first-order chi connectivity index (χ1) is 0. The fourth-order valence-electron chi connectivity index (χ4n) is 0. The van der Waals surface area contributed by atoms with Gasteiger partial charge in [-0.15, -0.1) is 0 Å². The van der Waals surface area contributed by atoms with Crippen molar-refractivity contribution in [3.8, 4) is 0 Å². The molecule has 5 heavy (non-hydrogen) atoms. The summed E-state index contributed by atoms with van der Waals surface area (Å²) in [6.07, 6.45) is 0. The molecular weight excluding hydrogens is 285 g/mol. The molecule has 0 saturated heterocycles. The van der Waals surface area contributed by atoms with Crippen molar-refractivity contribution in [2.24, 2.45) is 0 Å². The van der Waals surface area contributed by atoms with Crippen LogP contribution in [0.15, 0.2) is 0 Å². The van der Waals surface area contributed by atoms with E-state index < -0.39 is 0 Å². The molecule has 0 nitrogen and oxygen atoms in total. The standard InChI is InChI=1S/Al.Cr.2Ni.Y.3H. The van der Waals surface area contributed by atoms with Crippen molar-refractivity contribution in [2.75, 3.05) is 0 Å². The van der Waals surface area contributed by atoms with E-state index >= 15 is 0 Å². The predicted octanol–water partition coefficient (Wildman–Crippen LogP) is -1.19. The Bertz CT molecular complexity index is 9.61. The van der Waals surface area contributed by atoms with Gasteiger partial charge in [0.15, 0.2) is 17.4 Å². The fourth-order valence-corrected chi connectivity index (χ4v) is 0. The van der Waals surface area contributed by atoms with Crippen LogP contribution >= 0.6 is 0 Å². The molecule has 5 heteroatoms. The number of rotatable bonds is 0. The Morgan fingerprint density at radius 2 is 0.800 bits per heavy atom. The van der Waals surface area contributed by atoms with Crippen molar-refractivity contribution in [1.29, 1.82) is 0 Å². The summed E-state index contributed by atoms with van der Waals surface area (Å²) in [5, 5.41) is 0. The Labute approximate surface area is 98.6 Å². The third kappa shape index (κ3) is 19.1. The molecule has 0 unspecified atom stereocenters. The molecule has 0 aliphatic carbocycles. The third-order valence-electron chi connectivity index (χ3n) is 0. The second kappa shape index (κ2) is 27.2. The van der Waals surface area contributed by atoms with Crippen LogP contribution in [0.4, 0.5) is 0 Å². The summed E-state index contributed by atoms with van der Waals surface area (Å²) in [6.45, 7) is 0. The van der Waals surface area contributed by atoms with Gasteiger partial charge in [-0.25, -0.2) is 0 Å². The van der Waals surface area contributed by atoms with E-state index in [1.807, 2.05) is 0 Å². The topological polar surface area (TPSA) is 0 Å². The van der Waals surface area contributed by atoms with Crippen molar-refractivity contribution >= 4 is 17.4 Å². The molecule has 0 aromatic heterocycles. The van der Waals surface area contributed by atoms with Gasteiger partial charge in [-0.05, 0) is 0 Å². The Morgan fingerprint density at radius 1 is 0.800 bits per heavy atom. The second-order valence-electron chi connectivity index (χ2n) is 0. The molecule has 0 rings (SSSR count). The van der Waals surface area contributed by atoms with Gasteiger partial charge in [0, 0.05) is 83.1 Å². The van der Waals surface area contributed by atoms with Gasteiger partial charge in [0.25, 0.3) is 0 Å². The Hall–Kier alpha value is 3.16. The first-order valence-corrected chi connectivity index (χ1v) is 0. The van der Waals surface area contributed by atoms with Gasteiger partial charge in [-0.1, -0.05) is 0 Å². The maximum Gasteiger partial charge on any atom is 0.187 e. The normalized spacial score (nSPS) is 0. The van der Waals surface area contributed by atoms with E-state index in [1.165, 1.54) is 0 Å². The second-order valence-corrected chi connectivity index (χ2v) is 0. The van der Waals surface area contributed by atoms with E-state index in [-0.39, 0.29) is 100 Å². The Kier molecular flexibility index (Phi) is 228. The van der Waals surface area contributed by atoms with Crippen LogP contribution in [-0.2, 0) is 83.1 Å². The average Bonchev–Trinajstić information content (AvgIpc) is 0. The number of hydrogen-bond donors (Lipinski definition) is 0. The van der Waals surface area contributed by atoms with Gasteiger partial charge in [0.2, 0.25) is 0 Å². The molecule has 35 valence electrons. The summed E-state index contributed by atoms with van der Waals surface area (Å²) >= 11 is 0. The summed E-state index contributed by atoms with van der Waals surface area (Å²) in [4.78, 5) is 0. The smallest absolute Gasteiger partial charge is 0 e. The van der Waals surface area contributed by atoms with Crippen molar-refractivity contribution in [2.45, 2.75) is 0 Å². The fraction of sp³-hybridized carbons (Fsp3) is 0. The zero-order chi connectivity index (χ0) is 0. The average molecular weight is 288 g/mol. The van der Waals surface area contributed by atoms with E-state index in [0.29, 0.717) is 0 Å². The van der Waals surface area contributed by atoms with E-state index in [9.17, 15) is 0 Å². The van der Waals surface area contributed by atoms with Crippen LogP contribution in [0.2, 0.25) is 0 Å². The molecule has 0 fully saturated rings. The quantitative estimate of drug-likeness (QED) is 0.492. The Morgan fingerprint density at radius 3 is 0.800 bits per heavy atom. The summed E-state index contributed by atoms with van der Waals surface area (Å²) in [5.74, 6) is 0. The molecular formula is H3AlCrNi2Y. The molecule has 0 aromatic rings. The summed E-state index contributed by atoms with van der Waals surface area (Å²) in [6, 6.07) is 0. The van der Waals surface area contributed by atoms with Crippen molar-refractivity contribution in [3.05, 3.63) is 0 Å². The predicted molar refractivity (Wildman–Crippen MR) is 9.94 cm³/mol. The van der Waals surface area contributed by atoms with Crippen LogP contribution in [-0.4, -0.2) is 17.4 Å². The van der Waals surface area contributed by atoms with E-state index in [1.54, 1.807) is 0 Å². The molecule has 0 N–H and O–H groups in total. The molecule has 0 bridgehead atoms. The minimum Gasteiger partial charge on any atom is 0 e. The van der Waals surface area contributed by atoms with Crippen molar-refractivity contribution in [3.63, 3.8) is 0 Å². The minimum atomic E-state index is 0. The molecule has 0 heterocycles. The van der Waals surface area contributed by atoms with Crippen LogP contribution in [0.25, 0.3) is 0 Å². The summed E-state index contributed by atoms with van der Waals surface area (Å²) in [5.41, 5.74) is 0. The van der Waals surface area contributed by atoms with Crippen LogP contribution in [0, 0.1) is 0 Å². The third-order valence-corrected chi connectivity index (χ3v) is 0. The van der Waals surface area contributed by atoms with Gasteiger partial charge in [-0.3, -0.25) is 0 Å². The van der Waals surface area contributed by atoms with E-state index in [4.69, 9.17) is 0 Å². The monoisotopic (exact) mass is 287 g/mol. The molecule has 0 aromatic carbocycles. The first kappa shape index (κ1) is 41.9. The van der Waals surface area contributed by atoms with Gasteiger partial charge in [-0.2, -0.15) is 0 Å². The molecule has 0 spiro atoms. The summed E-state index contributed by atoms with van der Waals surface area (Å²) < 4.78 is 0. The Balaban J connectivity index is 0. The van der Waals surface area contributed by atoms with Crippen LogP contribution in [0.5, 0.6) is 0 Å². The summed E-state index contributed by atoms with van der Waals surface area (Å²) in [7, 11) is 0. The first-order valence-electron chi connectivity index (χ1n) is 0.